The van der Waals surface area contributed by atoms with Gasteiger partial charge >= 0.3 is 0 Å². The van der Waals surface area contributed by atoms with E-state index in [0.717, 1.165) is 13.2 Å². The second-order valence-corrected chi connectivity index (χ2v) is 33.5. The lowest BCUT2D eigenvalue weighted by Gasteiger charge is -2.38. The number of thioether (sulfide) groups is 1. The summed E-state index contributed by atoms with van der Waals surface area (Å²) in [6.45, 7) is 46.7. The molecule has 2 nitrogen and oxygen atoms in total. The second kappa shape index (κ2) is 23.9. The Morgan fingerprint density at radius 1 is 0.375 bits per heavy atom. The summed E-state index contributed by atoms with van der Waals surface area (Å²) in [5.41, 5.74) is 27.0. The molecule has 2 saturated heterocycles. The molecule has 0 N–H and O–H groups in total. The molecule has 0 aromatic heterocycles. The maximum Gasteiger partial charge on any atom is 0.0471 e. The number of nitrogens with zero attached hydrogens (tertiary/aromatic N) is 1. The van der Waals surface area contributed by atoms with Gasteiger partial charge in [-0.05, 0) is 262 Å². The van der Waals surface area contributed by atoms with Gasteiger partial charge in [-0.2, -0.15) is 0 Å². The number of hydrogen-bond acceptors (Lipinski definition) is 3. The van der Waals surface area contributed by atoms with Crippen molar-refractivity contribution in [2.75, 3.05) is 33.4 Å². The van der Waals surface area contributed by atoms with Crippen molar-refractivity contribution in [3.05, 3.63) is 132 Å². The van der Waals surface area contributed by atoms with Crippen molar-refractivity contribution in [3.8, 4) is 0 Å². The van der Waals surface area contributed by atoms with E-state index < -0.39 is 0 Å². The fourth-order valence-corrected chi connectivity index (χ4v) is 18.7. The van der Waals surface area contributed by atoms with E-state index in [1.165, 1.54) is 129 Å². The maximum atomic E-state index is 5.63. The standard InChI is InChI=1S/C21H33N.C20H30O.C18H26S.C18H26/c1-15(2)16-7-8-19(20(3,4)5)18-14-21(13-17(16)18)9-11-22(6)12-10-21;1-14(2)15-6-7-18(19(3,4)5)17-13-20(12-16(15)17)8-10-21-11-9-20;1-12(2)14-7-8-15(13(3)4)17-16(14)11-18(19-17)9-5-6-10-18;1-12(2)14-6-7-15(13(3)4)17-11-18(8-5-9-18)10-16(14)17/h7-8,15H,9-14H2,1-6H3;6-7,14H,8-13H2,1-5H3;7-8,12-13H,5-6,9-11H2,1-4H3;6-7,12-13H,5,8-11H2,1-4H3. The normalized spacial score (nSPS) is 21.0. The van der Waals surface area contributed by atoms with Crippen LogP contribution in [0.15, 0.2) is 53.4 Å². The molecule has 2 saturated carbocycles. The number of likely N-dealkylation sites (tertiary alicyclic amines) is 1. The van der Waals surface area contributed by atoms with Gasteiger partial charge in [-0.25, -0.2) is 0 Å². The minimum atomic E-state index is 0.246. The number of ether oxygens (including phenoxy) is 1. The van der Waals surface area contributed by atoms with Crippen LogP contribution in [0.2, 0.25) is 0 Å². The van der Waals surface area contributed by atoms with Crippen molar-refractivity contribution in [3.63, 3.8) is 0 Å². The minimum absolute atomic E-state index is 0.246. The highest BCUT2D eigenvalue weighted by atomic mass is 32.2. The van der Waals surface area contributed by atoms with Gasteiger partial charge in [-0.3, -0.25) is 0 Å². The summed E-state index contributed by atoms with van der Waals surface area (Å²) in [5.74, 6) is 3.93. The number of piperidine rings is 1. The molecule has 0 bridgehead atoms. The summed E-state index contributed by atoms with van der Waals surface area (Å²) < 4.78 is 6.20. The quantitative estimate of drug-likeness (QED) is 0.191. The van der Waals surface area contributed by atoms with Crippen LogP contribution in [0.1, 0.15) is 314 Å². The molecule has 0 atom stereocenters. The van der Waals surface area contributed by atoms with E-state index in [9.17, 15) is 0 Å². The number of hydrogen-bond donors (Lipinski definition) is 0. The minimum Gasteiger partial charge on any atom is -0.381 e. The highest BCUT2D eigenvalue weighted by Gasteiger charge is 2.46. The van der Waals surface area contributed by atoms with Crippen LogP contribution in [0.3, 0.4) is 0 Å². The number of benzene rings is 4. The van der Waals surface area contributed by atoms with Crippen LogP contribution in [0.4, 0.5) is 0 Å². The smallest absolute Gasteiger partial charge is 0.0471 e. The predicted octanol–water partition coefficient (Wildman–Crippen LogP) is 21.0. The molecule has 4 aromatic rings. The lowest BCUT2D eigenvalue weighted by atomic mass is 9.66. The molecule has 5 aliphatic carbocycles. The van der Waals surface area contributed by atoms with E-state index >= 15 is 0 Å². The summed E-state index contributed by atoms with van der Waals surface area (Å²) in [7, 11) is 2.27. The van der Waals surface area contributed by atoms with Crippen LogP contribution < -0.4 is 0 Å². The first-order valence-corrected chi connectivity index (χ1v) is 34.0. The van der Waals surface area contributed by atoms with Crippen molar-refractivity contribution in [1.82, 2.24) is 4.90 Å². The summed E-state index contributed by atoms with van der Waals surface area (Å²) in [6, 6.07) is 19.3. The fraction of sp³-hybridized carbons (Fsp3) is 0.688. The second-order valence-electron chi connectivity index (χ2n) is 32.0. The van der Waals surface area contributed by atoms with E-state index in [2.05, 4.69) is 197 Å². The van der Waals surface area contributed by atoms with Gasteiger partial charge in [0.15, 0.2) is 0 Å². The molecule has 4 fully saturated rings. The van der Waals surface area contributed by atoms with Crippen molar-refractivity contribution >= 4 is 11.8 Å². The first-order chi connectivity index (χ1) is 37.6. The Morgan fingerprint density at radius 2 is 0.700 bits per heavy atom. The third-order valence-electron chi connectivity index (χ3n) is 21.8. The molecule has 4 spiro atoms. The molecule has 3 aliphatic heterocycles. The Labute approximate surface area is 496 Å². The summed E-state index contributed by atoms with van der Waals surface area (Å²) >= 11 is 2.23. The zero-order valence-electron chi connectivity index (χ0n) is 54.9. The van der Waals surface area contributed by atoms with E-state index in [1.54, 1.807) is 88.3 Å². The number of rotatable bonds is 6. The Kier molecular flexibility index (Phi) is 18.4. The molecule has 0 unspecified atom stereocenters. The summed E-state index contributed by atoms with van der Waals surface area (Å²) in [5, 5.41) is 0. The predicted molar refractivity (Wildman–Crippen MR) is 349 cm³/mol. The lowest BCUT2D eigenvalue weighted by molar-refractivity contribution is 0.0197. The zero-order valence-corrected chi connectivity index (χ0v) is 55.7. The molecule has 3 heteroatoms. The van der Waals surface area contributed by atoms with Crippen LogP contribution in [0.25, 0.3) is 0 Å². The molecular weight excluding hydrogens is 987 g/mol. The van der Waals surface area contributed by atoms with Crippen LogP contribution >= 0.6 is 11.8 Å². The highest BCUT2D eigenvalue weighted by Crippen LogP contribution is 2.58. The Balaban J connectivity index is 0.000000129. The first kappa shape index (κ1) is 61.7. The molecule has 0 radical (unpaired) electrons. The van der Waals surface area contributed by atoms with Gasteiger partial charge in [-0.1, -0.05) is 192 Å². The zero-order chi connectivity index (χ0) is 57.9. The Bertz CT molecular complexity index is 2720. The van der Waals surface area contributed by atoms with Crippen molar-refractivity contribution in [2.45, 2.75) is 296 Å². The fourth-order valence-electron chi connectivity index (χ4n) is 16.9. The van der Waals surface area contributed by atoms with Crippen LogP contribution in [0, 0.1) is 16.2 Å². The summed E-state index contributed by atoms with van der Waals surface area (Å²) in [6.07, 6.45) is 24.7. The van der Waals surface area contributed by atoms with Gasteiger partial charge in [0, 0.05) is 22.9 Å². The molecule has 80 heavy (non-hydrogen) atoms. The van der Waals surface area contributed by atoms with Crippen LogP contribution in [-0.2, 0) is 60.5 Å². The molecule has 0 amide bonds. The van der Waals surface area contributed by atoms with Gasteiger partial charge in [-0.15, -0.1) is 11.8 Å². The van der Waals surface area contributed by atoms with Gasteiger partial charge in [0.05, 0.1) is 0 Å². The Morgan fingerprint density at radius 3 is 1.06 bits per heavy atom. The third kappa shape index (κ3) is 12.7. The van der Waals surface area contributed by atoms with Crippen molar-refractivity contribution in [2.24, 2.45) is 16.2 Å². The third-order valence-corrected chi connectivity index (χ3v) is 23.4. The van der Waals surface area contributed by atoms with E-state index in [1.807, 2.05) is 0 Å². The van der Waals surface area contributed by atoms with Gasteiger partial charge < -0.3 is 9.64 Å². The first-order valence-electron chi connectivity index (χ1n) is 33.1. The average molecular weight is 1100 g/mol. The highest BCUT2D eigenvalue weighted by molar-refractivity contribution is 8.01. The van der Waals surface area contributed by atoms with E-state index in [4.69, 9.17) is 4.74 Å². The van der Waals surface area contributed by atoms with E-state index in [-0.39, 0.29) is 10.8 Å². The van der Waals surface area contributed by atoms with Crippen molar-refractivity contribution in [1.29, 1.82) is 0 Å². The molecule has 12 rings (SSSR count). The molecular formula is C77H115NOS. The van der Waals surface area contributed by atoms with Crippen LogP contribution in [0.5, 0.6) is 0 Å². The van der Waals surface area contributed by atoms with Gasteiger partial charge in [0.1, 0.15) is 0 Å². The monoisotopic (exact) mass is 1100 g/mol. The molecule has 440 valence electrons. The lowest BCUT2D eigenvalue weighted by Crippen LogP contribution is -2.38. The van der Waals surface area contributed by atoms with Gasteiger partial charge in [0.2, 0.25) is 0 Å². The molecule has 8 aliphatic rings. The maximum absolute atomic E-state index is 5.63. The molecule has 4 aromatic carbocycles. The SMILES string of the molecule is CC(C)c1ccc(C(C)(C)C)c2c1CC1(CCN(C)CC1)C2.CC(C)c1ccc(C(C)(C)C)c2c1CC1(CCOCC1)C2.CC(C)c1ccc(C(C)C)c2c1CC1(CCC1)C2.CC(C)c1ccc(C(C)C)c2c1CC1(CCCC1)S2. The topological polar surface area (TPSA) is 12.5 Å². The summed E-state index contributed by atoms with van der Waals surface area (Å²) in [4.78, 5) is 4.16. The van der Waals surface area contributed by atoms with Gasteiger partial charge in [0.25, 0.3) is 0 Å². The van der Waals surface area contributed by atoms with Crippen molar-refractivity contribution < 1.29 is 4.74 Å². The van der Waals surface area contributed by atoms with Crippen LogP contribution in [-0.4, -0.2) is 43.0 Å². The average Bonchev–Trinajstić information content (AvgIpc) is 4.26. The Hall–Kier alpha value is -2.85. The van der Waals surface area contributed by atoms with E-state index in [0.29, 0.717) is 56.5 Å². The molecule has 3 heterocycles. The largest absolute Gasteiger partial charge is 0.381 e. The number of fused-ring (bicyclic) bond motifs is 4.